The number of benzene rings is 3. The summed E-state index contributed by atoms with van der Waals surface area (Å²) in [4.78, 5) is 11.9. The Balaban J connectivity index is 2.39. The molecule has 3 aromatic carbocycles. The molecule has 0 saturated carbocycles. The second-order valence-electron chi connectivity index (χ2n) is 5.72. The van der Waals surface area contributed by atoms with Gasteiger partial charge in [-0.15, -0.1) is 0 Å². The zero-order valence-electron chi connectivity index (χ0n) is 13.2. The Morgan fingerprint density at radius 2 is 1.00 bits per heavy atom. The van der Waals surface area contributed by atoms with Crippen molar-refractivity contribution in [2.45, 2.75) is 11.5 Å². The van der Waals surface area contributed by atoms with E-state index in [0.29, 0.717) is 0 Å². The molecule has 0 unspecified atom stereocenters. The Morgan fingerprint density at radius 3 is 1.25 bits per heavy atom. The van der Waals surface area contributed by atoms with Crippen LogP contribution in [0.25, 0.3) is 0 Å². The summed E-state index contributed by atoms with van der Waals surface area (Å²) < 4.78 is 0. The molecule has 0 bridgehead atoms. The average Bonchev–Trinajstić information content (AvgIpc) is 2.65. The van der Waals surface area contributed by atoms with Crippen molar-refractivity contribution in [2.75, 3.05) is 0 Å². The van der Waals surface area contributed by atoms with Crippen LogP contribution < -0.4 is 5.73 Å². The lowest BCUT2D eigenvalue weighted by Crippen LogP contribution is -2.52. The van der Waals surface area contributed by atoms with E-state index in [1.165, 1.54) is 0 Å². The van der Waals surface area contributed by atoms with E-state index in [1.54, 1.807) is 0 Å². The third-order valence-electron chi connectivity index (χ3n) is 4.42. The molecule has 0 amide bonds. The first-order valence-corrected chi connectivity index (χ1v) is 7.82. The van der Waals surface area contributed by atoms with Crippen molar-refractivity contribution in [1.29, 1.82) is 0 Å². The molecule has 3 aromatic rings. The molecule has 0 saturated heterocycles. The summed E-state index contributed by atoms with van der Waals surface area (Å²) in [5.74, 6) is -1.04. The van der Waals surface area contributed by atoms with Gasteiger partial charge in [0.2, 0.25) is 0 Å². The highest BCUT2D eigenvalue weighted by atomic mass is 16.4. The Bertz CT molecular complexity index is 704. The molecular weight excluding hydrogens is 298 g/mol. The van der Waals surface area contributed by atoms with Gasteiger partial charge in [0.25, 0.3) is 0 Å². The summed E-state index contributed by atoms with van der Waals surface area (Å²) in [7, 11) is 0. The number of aliphatic carboxylic acids is 1. The minimum absolute atomic E-state index is 0.859. The number of hydrogen-bond donors (Lipinski definition) is 2. The molecule has 0 aliphatic carbocycles. The first-order chi connectivity index (χ1) is 11.7. The van der Waals surface area contributed by atoms with E-state index < -0.39 is 17.4 Å². The van der Waals surface area contributed by atoms with Gasteiger partial charge in [-0.05, 0) is 16.7 Å². The maximum atomic E-state index is 11.9. The monoisotopic (exact) mass is 317 g/mol. The standard InChI is InChI=1S/C21H19NO2/c22-19(20(23)24)21(16-10-4-1-5-11-16,17-12-6-2-7-13-17)18-14-8-3-9-15-18/h1-15,19H,22H2,(H,23,24)/t19-/m1/s1. The summed E-state index contributed by atoms with van der Waals surface area (Å²) in [6, 6.07) is 27.7. The van der Waals surface area contributed by atoms with E-state index >= 15 is 0 Å². The summed E-state index contributed by atoms with van der Waals surface area (Å²) >= 11 is 0. The van der Waals surface area contributed by atoms with Crippen LogP contribution in [0.1, 0.15) is 16.7 Å². The molecule has 1 atom stereocenters. The molecule has 120 valence electrons. The number of hydrogen-bond acceptors (Lipinski definition) is 2. The largest absolute Gasteiger partial charge is 0.480 e. The average molecular weight is 317 g/mol. The van der Waals surface area contributed by atoms with Crippen molar-refractivity contribution in [3.05, 3.63) is 108 Å². The molecule has 3 nitrogen and oxygen atoms in total. The maximum absolute atomic E-state index is 11.9. The Hall–Kier alpha value is -2.91. The molecule has 0 heterocycles. The minimum atomic E-state index is -1.12. The van der Waals surface area contributed by atoms with Gasteiger partial charge in [-0.1, -0.05) is 91.0 Å². The summed E-state index contributed by atoms with van der Waals surface area (Å²) in [6.07, 6.45) is 0. The highest BCUT2D eigenvalue weighted by molar-refractivity contribution is 5.79. The van der Waals surface area contributed by atoms with Gasteiger partial charge in [-0.25, -0.2) is 0 Å². The van der Waals surface area contributed by atoms with E-state index in [2.05, 4.69) is 0 Å². The van der Waals surface area contributed by atoms with Crippen LogP contribution in [-0.4, -0.2) is 17.1 Å². The number of carbonyl (C=O) groups is 1. The number of nitrogens with two attached hydrogens (primary N) is 1. The fourth-order valence-corrected chi connectivity index (χ4v) is 3.33. The number of rotatable bonds is 5. The van der Waals surface area contributed by atoms with Crippen molar-refractivity contribution < 1.29 is 9.90 Å². The van der Waals surface area contributed by atoms with Crippen LogP contribution in [0, 0.1) is 0 Å². The highest BCUT2D eigenvalue weighted by Crippen LogP contribution is 2.41. The van der Waals surface area contributed by atoms with Gasteiger partial charge in [0.15, 0.2) is 0 Å². The van der Waals surface area contributed by atoms with Crippen LogP contribution in [0.4, 0.5) is 0 Å². The topological polar surface area (TPSA) is 63.3 Å². The fraction of sp³-hybridized carbons (Fsp3) is 0.0952. The summed E-state index contributed by atoms with van der Waals surface area (Å²) in [5.41, 5.74) is 7.91. The van der Waals surface area contributed by atoms with Crippen LogP contribution in [0.3, 0.4) is 0 Å². The molecule has 0 aliphatic rings. The second kappa shape index (κ2) is 6.69. The van der Waals surface area contributed by atoms with E-state index in [4.69, 9.17) is 5.73 Å². The van der Waals surface area contributed by atoms with Gasteiger partial charge in [0.05, 0.1) is 5.41 Å². The lowest BCUT2D eigenvalue weighted by atomic mass is 9.65. The fourth-order valence-electron chi connectivity index (χ4n) is 3.33. The minimum Gasteiger partial charge on any atom is -0.480 e. The molecule has 3 heteroatoms. The van der Waals surface area contributed by atoms with Crippen molar-refractivity contribution in [3.8, 4) is 0 Å². The Morgan fingerprint density at radius 1 is 0.708 bits per heavy atom. The van der Waals surface area contributed by atoms with E-state index in [9.17, 15) is 9.90 Å². The number of carboxylic acids is 1. The van der Waals surface area contributed by atoms with Crippen LogP contribution >= 0.6 is 0 Å². The van der Waals surface area contributed by atoms with E-state index in [-0.39, 0.29) is 0 Å². The molecular formula is C21H19NO2. The molecule has 0 fully saturated rings. The predicted molar refractivity (Wildman–Crippen MR) is 94.8 cm³/mol. The highest BCUT2D eigenvalue weighted by Gasteiger charge is 2.45. The van der Waals surface area contributed by atoms with Crippen LogP contribution in [0.5, 0.6) is 0 Å². The predicted octanol–water partition coefficient (Wildman–Crippen LogP) is 3.43. The lowest BCUT2D eigenvalue weighted by Gasteiger charge is -2.38. The molecule has 24 heavy (non-hydrogen) atoms. The molecule has 0 aliphatic heterocycles. The van der Waals surface area contributed by atoms with Gasteiger partial charge in [0, 0.05) is 0 Å². The third kappa shape index (κ3) is 2.59. The van der Waals surface area contributed by atoms with Crippen LogP contribution in [0.15, 0.2) is 91.0 Å². The van der Waals surface area contributed by atoms with Crippen molar-refractivity contribution in [3.63, 3.8) is 0 Å². The molecule has 0 aromatic heterocycles. The van der Waals surface area contributed by atoms with Crippen LogP contribution in [0.2, 0.25) is 0 Å². The first-order valence-electron chi connectivity index (χ1n) is 7.82. The summed E-state index contributed by atoms with van der Waals surface area (Å²) in [5, 5.41) is 9.78. The van der Waals surface area contributed by atoms with Crippen molar-refractivity contribution in [1.82, 2.24) is 0 Å². The van der Waals surface area contributed by atoms with Crippen molar-refractivity contribution >= 4 is 5.97 Å². The van der Waals surface area contributed by atoms with Gasteiger partial charge < -0.3 is 10.8 Å². The smallest absolute Gasteiger partial charge is 0.322 e. The summed E-state index contributed by atoms with van der Waals surface area (Å²) in [6.45, 7) is 0. The van der Waals surface area contributed by atoms with Gasteiger partial charge in [-0.2, -0.15) is 0 Å². The maximum Gasteiger partial charge on any atom is 0.322 e. The molecule has 0 radical (unpaired) electrons. The molecule has 0 spiro atoms. The zero-order chi connectivity index (χ0) is 17.0. The molecule has 3 N–H and O–H groups in total. The SMILES string of the molecule is N[C@H](C(=O)O)C(c1ccccc1)(c1ccccc1)c1ccccc1. The van der Waals surface area contributed by atoms with Crippen molar-refractivity contribution in [2.24, 2.45) is 5.73 Å². The zero-order valence-corrected chi connectivity index (χ0v) is 13.2. The van der Waals surface area contributed by atoms with Gasteiger partial charge in [0.1, 0.15) is 6.04 Å². The van der Waals surface area contributed by atoms with Gasteiger partial charge >= 0.3 is 5.97 Å². The lowest BCUT2D eigenvalue weighted by molar-refractivity contribution is -0.139. The quantitative estimate of drug-likeness (QED) is 0.709. The third-order valence-corrected chi connectivity index (χ3v) is 4.42. The van der Waals surface area contributed by atoms with Crippen LogP contribution in [-0.2, 0) is 10.2 Å². The normalized spacial score (nSPS) is 12.5. The first kappa shape index (κ1) is 16.0. The van der Waals surface area contributed by atoms with E-state index in [1.807, 2.05) is 91.0 Å². The Labute approximate surface area is 141 Å². The van der Waals surface area contributed by atoms with Gasteiger partial charge in [-0.3, -0.25) is 4.79 Å². The molecule has 3 rings (SSSR count). The second-order valence-corrected chi connectivity index (χ2v) is 5.72. The van der Waals surface area contributed by atoms with E-state index in [0.717, 1.165) is 16.7 Å². The number of carboxylic acid groups (broad SMARTS) is 1. The Kier molecular flexibility index (Phi) is 4.45.